The van der Waals surface area contributed by atoms with Crippen molar-refractivity contribution in [1.29, 1.82) is 0 Å². The summed E-state index contributed by atoms with van der Waals surface area (Å²) >= 11 is 1.67. The average molecular weight is 103 g/mol. The Hall–Kier alpha value is 0.0200. The molecular formula is C4H9NS. The minimum atomic E-state index is 1.13. The average Bonchev–Trinajstić information content (AvgIpc) is 1.65. The quantitative estimate of drug-likeness (QED) is 0.333. The van der Waals surface area contributed by atoms with E-state index in [9.17, 15) is 0 Å². The first kappa shape index (κ1) is 6.02. The normalized spacial score (nSPS) is 12.2. The molecule has 0 atom stereocenters. The van der Waals surface area contributed by atoms with Crippen molar-refractivity contribution in [2.24, 2.45) is 4.99 Å². The van der Waals surface area contributed by atoms with Gasteiger partial charge in [-0.2, -0.15) is 0 Å². The molecule has 0 bridgehead atoms. The molecule has 0 fully saturated rings. The van der Waals surface area contributed by atoms with Gasteiger partial charge in [0.1, 0.15) is 0 Å². The fraction of sp³-hybridized carbons (Fsp3) is 0.750. The molecule has 6 heavy (non-hydrogen) atoms. The molecule has 0 aliphatic rings. The predicted molar refractivity (Wildman–Crippen MR) is 32.5 cm³/mol. The molecule has 0 amide bonds. The van der Waals surface area contributed by atoms with Crippen molar-refractivity contribution in [2.45, 2.75) is 6.92 Å². The van der Waals surface area contributed by atoms with Gasteiger partial charge in [-0.15, -0.1) is 11.8 Å². The summed E-state index contributed by atoms with van der Waals surface area (Å²) in [5.74, 6) is 0. The highest BCUT2D eigenvalue weighted by atomic mass is 32.2. The van der Waals surface area contributed by atoms with Crippen molar-refractivity contribution in [2.75, 3.05) is 13.3 Å². The Bertz CT molecular complexity index is 58.6. The molecule has 36 valence electrons. The molecule has 0 radical (unpaired) electrons. The van der Waals surface area contributed by atoms with Crippen LogP contribution in [-0.2, 0) is 0 Å². The summed E-state index contributed by atoms with van der Waals surface area (Å²) in [6.07, 6.45) is 2.02. The summed E-state index contributed by atoms with van der Waals surface area (Å²) in [7, 11) is 1.80. The second-order valence-electron chi connectivity index (χ2n) is 0.947. The van der Waals surface area contributed by atoms with Gasteiger partial charge in [0.15, 0.2) is 0 Å². The zero-order valence-electron chi connectivity index (χ0n) is 4.36. The Morgan fingerprint density at radius 2 is 2.17 bits per heavy atom. The van der Waals surface area contributed by atoms with Gasteiger partial charge in [0.05, 0.1) is 5.04 Å². The molecule has 0 aromatic carbocycles. The van der Waals surface area contributed by atoms with Crippen LogP contribution in [0.5, 0.6) is 0 Å². The van der Waals surface area contributed by atoms with Crippen LogP contribution in [0.4, 0.5) is 0 Å². The summed E-state index contributed by atoms with van der Waals surface area (Å²) in [6.45, 7) is 1.99. The maximum atomic E-state index is 3.89. The molecule has 0 rings (SSSR count). The van der Waals surface area contributed by atoms with E-state index >= 15 is 0 Å². The van der Waals surface area contributed by atoms with E-state index in [-0.39, 0.29) is 0 Å². The third-order valence-corrected chi connectivity index (χ3v) is 1.38. The summed E-state index contributed by atoms with van der Waals surface area (Å²) < 4.78 is 0. The Kier molecular flexibility index (Phi) is 3.23. The van der Waals surface area contributed by atoms with Gasteiger partial charge in [-0.3, -0.25) is 4.99 Å². The van der Waals surface area contributed by atoms with E-state index in [1.165, 1.54) is 0 Å². The smallest absolute Gasteiger partial charge is 0.0638 e. The van der Waals surface area contributed by atoms with E-state index in [0.29, 0.717) is 0 Å². The Labute approximate surface area is 42.9 Å². The summed E-state index contributed by atoms with van der Waals surface area (Å²) in [6, 6.07) is 0. The predicted octanol–water partition coefficient (Wildman–Crippen LogP) is 1.40. The summed E-state index contributed by atoms with van der Waals surface area (Å²) in [5, 5.41) is 1.13. The maximum absolute atomic E-state index is 3.89. The molecule has 0 aromatic heterocycles. The van der Waals surface area contributed by atoms with Crippen molar-refractivity contribution in [3.8, 4) is 0 Å². The lowest BCUT2D eigenvalue weighted by Gasteiger charge is -1.83. The molecule has 0 spiro atoms. The van der Waals surface area contributed by atoms with Crippen LogP contribution in [-0.4, -0.2) is 18.3 Å². The van der Waals surface area contributed by atoms with E-state index in [0.717, 1.165) is 5.04 Å². The lowest BCUT2D eigenvalue weighted by molar-refractivity contribution is 1.45. The maximum Gasteiger partial charge on any atom is 0.0638 e. The van der Waals surface area contributed by atoms with Gasteiger partial charge in [-0.05, 0) is 13.2 Å². The number of hydrogen-bond donors (Lipinski definition) is 0. The van der Waals surface area contributed by atoms with E-state index in [1.807, 2.05) is 13.2 Å². The van der Waals surface area contributed by atoms with E-state index in [1.54, 1.807) is 18.8 Å². The first-order valence-corrected chi connectivity index (χ1v) is 3.01. The van der Waals surface area contributed by atoms with Gasteiger partial charge in [-0.1, -0.05) is 0 Å². The van der Waals surface area contributed by atoms with E-state index < -0.39 is 0 Å². The minimum absolute atomic E-state index is 1.13. The second kappa shape index (κ2) is 3.22. The third-order valence-electron chi connectivity index (χ3n) is 0.610. The van der Waals surface area contributed by atoms with Crippen molar-refractivity contribution in [3.63, 3.8) is 0 Å². The molecular weight excluding hydrogens is 94.1 g/mol. The van der Waals surface area contributed by atoms with Crippen LogP contribution in [0.25, 0.3) is 0 Å². The molecule has 0 saturated carbocycles. The van der Waals surface area contributed by atoms with Crippen molar-refractivity contribution in [3.05, 3.63) is 0 Å². The monoisotopic (exact) mass is 103 g/mol. The van der Waals surface area contributed by atoms with Crippen LogP contribution in [0.3, 0.4) is 0 Å². The molecule has 0 aliphatic carbocycles. The standard InChI is InChI=1S/C4H9NS/c1-4(5-2)6-3/h1-3H3. The van der Waals surface area contributed by atoms with Crippen LogP contribution in [0.2, 0.25) is 0 Å². The number of nitrogens with zero attached hydrogens (tertiary/aromatic N) is 1. The lowest BCUT2D eigenvalue weighted by Crippen LogP contribution is -1.76. The molecule has 0 aromatic rings. The zero-order valence-corrected chi connectivity index (χ0v) is 5.17. The van der Waals surface area contributed by atoms with Crippen LogP contribution < -0.4 is 0 Å². The highest BCUT2D eigenvalue weighted by molar-refractivity contribution is 8.13. The number of hydrogen-bond acceptors (Lipinski definition) is 2. The molecule has 0 heterocycles. The van der Waals surface area contributed by atoms with Gasteiger partial charge in [0.2, 0.25) is 0 Å². The molecule has 2 heteroatoms. The number of rotatable bonds is 0. The van der Waals surface area contributed by atoms with Crippen molar-refractivity contribution < 1.29 is 0 Å². The molecule has 0 saturated heterocycles. The first-order valence-electron chi connectivity index (χ1n) is 1.78. The largest absolute Gasteiger partial charge is 0.287 e. The lowest BCUT2D eigenvalue weighted by atomic mass is 10.9. The van der Waals surface area contributed by atoms with Gasteiger partial charge < -0.3 is 0 Å². The topological polar surface area (TPSA) is 12.4 Å². The highest BCUT2D eigenvalue weighted by Gasteiger charge is 1.75. The minimum Gasteiger partial charge on any atom is -0.287 e. The van der Waals surface area contributed by atoms with Gasteiger partial charge in [-0.25, -0.2) is 0 Å². The van der Waals surface area contributed by atoms with E-state index in [4.69, 9.17) is 0 Å². The first-order chi connectivity index (χ1) is 2.81. The van der Waals surface area contributed by atoms with Crippen molar-refractivity contribution in [1.82, 2.24) is 0 Å². The van der Waals surface area contributed by atoms with Gasteiger partial charge >= 0.3 is 0 Å². The van der Waals surface area contributed by atoms with Crippen LogP contribution in [0.15, 0.2) is 4.99 Å². The summed E-state index contributed by atoms with van der Waals surface area (Å²) in [4.78, 5) is 3.89. The fourth-order valence-corrected chi connectivity index (χ4v) is 0.274. The summed E-state index contributed by atoms with van der Waals surface area (Å²) in [5.41, 5.74) is 0. The van der Waals surface area contributed by atoms with Gasteiger partial charge in [0.25, 0.3) is 0 Å². The Morgan fingerprint density at radius 1 is 1.67 bits per heavy atom. The Balaban J connectivity index is 3.22. The third kappa shape index (κ3) is 2.27. The zero-order chi connectivity index (χ0) is 4.99. The molecule has 0 unspecified atom stereocenters. The van der Waals surface area contributed by atoms with E-state index in [2.05, 4.69) is 4.99 Å². The van der Waals surface area contributed by atoms with Crippen LogP contribution in [0, 0.1) is 0 Å². The molecule has 0 aliphatic heterocycles. The van der Waals surface area contributed by atoms with Crippen LogP contribution >= 0.6 is 11.8 Å². The number of thioether (sulfide) groups is 1. The number of aliphatic imine (C=N–C) groups is 1. The second-order valence-corrected chi connectivity index (χ2v) is 1.95. The van der Waals surface area contributed by atoms with Crippen molar-refractivity contribution >= 4 is 16.8 Å². The molecule has 1 nitrogen and oxygen atoms in total. The SMILES string of the molecule is CN=C(C)SC. The Morgan fingerprint density at radius 3 is 2.17 bits per heavy atom. The molecule has 0 N–H and O–H groups in total. The van der Waals surface area contributed by atoms with Crippen LogP contribution in [0.1, 0.15) is 6.92 Å². The van der Waals surface area contributed by atoms with Gasteiger partial charge in [0, 0.05) is 7.05 Å². The fourth-order valence-electron chi connectivity index (χ4n) is 0.0913. The highest BCUT2D eigenvalue weighted by Crippen LogP contribution is 1.92.